The third-order valence-corrected chi connectivity index (χ3v) is 6.94. The molecule has 26 heavy (non-hydrogen) atoms. The molecule has 4 aliphatic heterocycles. The van der Waals surface area contributed by atoms with Crippen molar-refractivity contribution >= 4 is 11.8 Å². The summed E-state index contributed by atoms with van der Waals surface area (Å²) in [6.07, 6.45) is 3.20. The lowest BCUT2D eigenvalue weighted by atomic mass is 9.66. The van der Waals surface area contributed by atoms with Crippen molar-refractivity contribution in [1.82, 2.24) is 0 Å². The average molecular weight is 362 g/mol. The first-order valence-electron chi connectivity index (χ1n) is 9.26. The minimum atomic E-state index is -1.75. The predicted molar refractivity (Wildman–Crippen MR) is 91.7 cm³/mol. The van der Waals surface area contributed by atoms with Crippen LogP contribution in [0.15, 0.2) is 23.5 Å². The van der Waals surface area contributed by atoms with Gasteiger partial charge in [0.1, 0.15) is 17.3 Å². The molecule has 3 fully saturated rings. The Morgan fingerprint density at radius 2 is 2.00 bits per heavy atom. The van der Waals surface area contributed by atoms with E-state index in [0.717, 1.165) is 0 Å². The van der Waals surface area contributed by atoms with Crippen molar-refractivity contribution in [1.29, 1.82) is 0 Å². The molecule has 6 nitrogen and oxygen atoms in total. The second kappa shape index (κ2) is 5.20. The Hall–Kier alpha value is -1.66. The molecule has 0 aromatic carbocycles. The summed E-state index contributed by atoms with van der Waals surface area (Å²) in [7, 11) is 0. The van der Waals surface area contributed by atoms with Crippen molar-refractivity contribution in [3.8, 4) is 0 Å². The normalized spacial score (nSPS) is 50.4. The van der Waals surface area contributed by atoms with E-state index in [1.165, 1.54) is 0 Å². The SMILES string of the molecule is CC=C(C)C1(O)OC2CC3(C)OC(=CC3=O)C(C)CC3OC(=O)C1(C)C32. The van der Waals surface area contributed by atoms with Gasteiger partial charge in [-0.3, -0.25) is 9.59 Å². The maximum absolute atomic E-state index is 12.9. The molecule has 142 valence electrons. The summed E-state index contributed by atoms with van der Waals surface area (Å²) in [5.74, 6) is -2.04. The zero-order valence-electron chi connectivity index (χ0n) is 15.9. The molecule has 1 N–H and O–H groups in total. The first-order valence-corrected chi connectivity index (χ1v) is 9.26. The number of allylic oxidation sites excluding steroid dienone is 2. The van der Waals surface area contributed by atoms with Gasteiger partial charge in [-0.25, -0.2) is 0 Å². The van der Waals surface area contributed by atoms with Crippen LogP contribution in [-0.2, 0) is 23.8 Å². The monoisotopic (exact) mass is 362 g/mol. The molecule has 0 amide bonds. The summed E-state index contributed by atoms with van der Waals surface area (Å²) in [5, 5.41) is 11.4. The summed E-state index contributed by atoms with van der Waals surface area (Å²) in [6.45, 7) is 8.99. The molecule has 0 saturated carbocycles. The topological polar surface area (TPSA) is 82.1 Å². The third kappa shape index (κ3) is 1.94. The summed E-state index contributed by atoms with van der Waals surface area (Å²) in [5.41, 5.74) is -1.68. The van der Waals surface area contributed by atoms with Gasteiger partial charge < -0.3 is 19.3 Å². The van der Waals surface area contributed by atoms with Crippen molar-refractivity contribution < 1.29 is 28.9 Å². The molecule has 0 spiro atoms. The van der Waals surface area contributed by atoms with Gasteiger partial charge in [0.05, 0.1) is 6.10 Å². The van der Waals surface area contributed by atoms with Crippen LogP contribution in [0.2, 0.25) is 0 Å². The van der Waals surface area contributed by atoms with Gasteiger partial charge in [-0.15, -0.1) is 0 Å². The fourth-order valence-corrected chi connectivity index (χ4v) is 5.15. The minimum absolute atomic E-state index is 0.0591. The van der Waals surface area contributed by atoms with Gasteiger partial charge >= 0.3 is 5.97 Å². The third-order valence-electron chi connectivity index (χ3n) is 6.94. The maximum Gasteiger partial charge on any atom is 0.318 e. The van der Waals surface area contributed by atoms with Crippen molar-refractivity contribution in [3.63, 3.8) is 0 Å². The van der Waals surface area contributed by atoms with Crippen LogP contribution in [0.25, 0.3) is 0 Å². The molecule has 0 aromatic rings. The van der Waals surface area contributed by atoms with Crippen LogP contribution in [0.4, 0.5) is 0 Å². The van der Waals surface area contributed by atoms with Gasteiger partial charge in [0.2, 0.25) is 11.6 Å². The highest BCUT2D eigenvalue weighted by atomic mass is 16.7. The maximum atomic E-state index is 12.9. The van der Waals surface area contributed by atoms with E-state index in [1.807, 2.05) is 6.92 Å². The number of esters is 1. The molecule has 0 aliphatic carbocycles. The number of hydrogen-bond acceptors (Lipinski definition) is 6. The second-order valence-corrected chi connectivity index (χ2v) is 8.53. The summed E-state index contributed by atoms with van der Waals surface area (Å²) in [4.78, 5) is 25.5. The highest BCUT2D eigenvalue weighted by molar-refractivity contribution is 5.99. The van der Waals surface area contributed by atoms with E-state index in [-0.39, 0.29) is 30.1 Å². The summed E-state index contributed by atoms with van der Waals surface area (Å²) < 4.78 is 17.9. The molecular weight excluding hydrogens is 336 g/mol. The van der Waals surface area contributed by atoms with Gasteiger partial charge in [0, 0.05) is 24.3 Å². The smallest absolute Gasteiger partial charge is 0.318 e. The molecule has 6 heteroatoms. The van der Waals surface area contributed by atoms with Gasteiger partial charge in [-0.2, -0.15) is 0 Å². The quantitative estimate of drug-likeness (QED) is 0.569. The highest BCUT2D eigenvalue weighted by Crippen LogP contribution is 2.61. The number of hydrogen-bond donors (Lipinski definition) is 1. The summed E-state index contributed by atoms with van der Waals surface area (Å²) in [6, 6.07) is 0. The fraction of sp³-hybridized carbons (Fsp3) is 0.700. The van der Waals surface area contributed by atoms with Crippen LogP contribution in [-0.4, -0.2) is 40.5 Å². The Bertz CT molecular complexity index is 753. The minimum Gasteiger partial charge on any atom is -0.483 e. The molecule has 4 aliphatic rings. The Kier molecular flexibility index (Phi) is 3.55. The number of ether oxygens (including phenoxy) is 3. The largest absolute Gasteiger partial charge is 0.483 e. The summed E-state index contributed by atoms with van der Waals surface area (Å²) >= 11 is 0. The Morgan fingerprint density at radius 1 is 1.31 bits per heavy atom. The van der Waals surface area contributed by atoms with Crippen LogP contribution < -0.4 is 0 Å². The van der Waals surface area contributed by atoms with Gasteiger partial charge in [0.25, 0.3) is 0 Å². The zero-order chi connectivity index (χ0) is 19.1. The fourth-order valence-electron chi connectivity index (χ4n) is 5.15. The molecule has 3 saturated heterocycles. The Morgan fingerprint density at radius 3 is 2.65 bits per heavy atom. The lowest BCUT2D eigenvalue weighted by Crippen LogP contribution is -2.49. The van der Waals surface area contributed by atoms with Crippen LogP contribution in [0.3, 0.4) is 0 Å². The van der Waals surface area contributed by atoms with E-state index in [9.17, 15) is 14.7 Å². The van der Waals surface area contributed by atoms with Crippen LogP contribution in [0.5, 0.6) is 0 Å². The number of fused-ring (bicyclic) bond motifs is 2. The Balaban J connectivity index is 1.85. The highest BCUT2D eigenvalue weighted by Gasteiger charge is 2.74. The molecule has 2 bridgehead atoms. The van der Waals surface area contributed by atoms with E-state index in [2.05, 4.69) is 0 Å². The van der Waals surface area contributed by atoms with Crippen molar-refractivity contribution in [3.05, 3.63) is 23.5 Å². The van der Waals surface area contributed by atoms with Crippen LogP contribution >= 0.6 is 0 Å². The van der Waals surface area contributed by atoms with Crippen molar-refractivity contribution in [2.24, 2.45) is 17.3 Å². The number of aliphatic hydroxyl groups is 1. The van der Waals surface area contributed by atoms with E-state index in [4.69, 9.17) is 14.2 Å². The first kappa shape index (κ1) is 17.7. The predicted octanol–water partition coefficient (Wildman–Crippen LogP) is 2.26. The molecule has 7 atom stereocenters. The van der Waals surface area contributed by atoms with E-state index >= 15 is 0 Å². The van der Waals surface area contributed by atoms with E-state index in [0.29, 0.717) is 17.8 Å². The van der Waals surface area contributed by atoms with Crippen LogP contribution in [0, 0.1) is 17.3 Å². The molecule has 4 rings (SSSR count). The van der Waals surface area contributed by atoms with E-state index in [1.54, 1.807) is 39.8 Å². The van der Waals surface area contributed by atoms with Gasteiger partial charge in [0.15, 0.2) is 5.60 Å². The number of carbonyl (C=O) groups excluding carboxylic acids is 2. The lowest BCUT2D eigenvalue weighted by molar-refractivity contribution is -0.220. The van der Waals surface area contributed by atoms with Crippen molar-refractivity contribution in [2.45, 2.75) is 71.1 Å². The number of rotatable bonds is 1. The first-order chi connectivity index (χ1) is 12.1. The van der Waals surface area contributed by atoms with Gasteiger partial charge in [-0.1, -0.05) is 13.0 Å². The molecule has 0 radical (unpaired) electrons. The van der Waals surface area contributed by atoms with Gasteiger partial charge in [-0.05, 0) is 39.7 Å². The zero-order valence-corrected chi connectivity index (χ0v) is 15.9. The van der Waals surface area contributed by atoms with E-state index < -0.39 is 28.9 Å². The molecular formula is C20H26O6. The standard InChI is InChI=1S/C20H26O6/c1-6-11(3)20(23)19(5)16-13(24-17(19)22)7-10(2)12-8-15(21)18(4,25-12)9-14(16)26-20/h6,8,10,13-14,16,23H,7,9H2,1-5H3. The van der Waals surface area contributed by atoms with Crippen LogP contribution in [0.1, 0.15) is 47.5 Å². The lowest BCUT2D eigenvalue weighted by Gasteiger charge is -2.35. The van der Waals surface area contributed by atoms with Crippen molar-refractivity contribution in [2.75, 3.05) is 0 Å². The molecule has 0 aromatic heterocycles. The molecule has 7 unspecified atom stereocenters. The number of ketones is 1. The molecule has 4 heterocycles. The Labute approximate surface area is 153 Å². The average Bonchev–Trinajstić information content (AvgIpc) is 3.09. The second-order valence-electron chi connectivity index (χ2n) is 8.53. The number of carbonyl (C=O) groups is 2.